The Kier molecular flexibility index (Phi) is 7.88. The lowest BCUT2D eigenvalue weighted by Gasteiger charge is -2.46. The summed E-state index contributed by atoms with van der Waals surface area (Å²) in [5.74, 6) is -4.29. The first-order valence-corrected chi connectivity index (χ1v) is 8.86. The Labute approximate surface area is 164 Å². The summed E-state index contributed by atoms with van der Waals surface area (Å²) >= 11 is 0. The molecule has 0 bridgehead atoms. The van der Waals surface area contributed by atoms with Crippen molar-refractivity contribution in [2.75, 3.05) is 13.2 Å². The summed E-state index contributed by atoms with van der Waals surface area (Å²) in [5.41, 5.74) is 11.2. The number of hydrogen-bond acceptors (Lipinski definition) is 13. The number of aliphatic hydroxyl groups excluding tert-OH is 7. The Hall–Kier alpha value is -1.01. The quantitative estimate of drug-likeness (QED) is 0.181. The van der Waals surface area contributed by atoms with Crippen LogP contribution in [0.4, 0.5) is 0 Å². The molecule has 2 saturated heterocycles. The van der Waals surface area contributed by atoms with Gasteiger partial charge in [0.05, 0.1) is 31.4 Å². The lowest BCUT2D eigenvalue weighted by Crippen LogP contribution is -2.67. The molecule has 0 aromatic carbocycles. The Morgan fingerprint density at radius 3 is 2.31 bits per heavy atom. The standard InChI is InChI=1S/C15H28N2O12/c16-7-4(19)1-15(14(25)26,29-12(7)9(21)5(20)2-18)27-3-6-10(22)11(23)8(17)13(24)28-6/h4-13,18-24H,1-3,16-17H2,(H,25,26)/t4-,5-,6?,7-,8+,9-,10+,11-,12?,13?,15?/m1/s1. The van der Waals surface area contributed by atoms with E-state index in [2.05, 4.69) is 0 Å². The zero-order valence-electron chi connectivity index (χ0n) is 15.3. The molecule has 0 saturated carbocycles. The van der Waals surface area contributed by atoms with Gasteiger partial charge in [0, 0.05) is 6.42 Å². The second-order valence-electron chi connectivity index (χ2n) is 7.16. The van der Waals surface area contributed by atoms with E-state index < -0.39 is 92.5 Å². The van der Waals surface area contributed by atoms with Crippen molar-refractivity contribution in [2.45, 2.75) is 73.3 Å². The van der Waals surface area contributed by atoms with Gasteiger partial charge in [0.1, 0.15) is 36.6 Å². The van der Waals surface area contributed by atoms with Gasteiger partial charge in [-0.1, -0.05) is 0 Å². The van der Waals surface area contributed by atoms with Crippen molar-refractivity contribution in [2.24, 2.45) is 11.5 Å². The van der Waals surface area contributed by atoms with Crippen LogP contribution in [0, 0.1) is 0 Å². The van der Waals surface area contributed by atoms with Crippen LogP contribution in [0.3, 0.4) is 0 Å². The number of aliphatic hydroxyl groups is 7. The second-order valence-corrected chi connectivity index (χ2v) is 7.16. The fourth-order valence-electron chi connectivity index (χ4n) is 3.21. The molecule has 4 unspecified atom stereocenters. The van der Waals surface area contributed by atoms with Crippen LogP contribution in [-0.2, 0) is 19.0 Å². The van der Waals surface area contributed by atoms with E-state index in [9.17, 15) is 40.5 Å². The molecule has 2 fully saturated rings. The lowest BCUT2D eigenvalue weighted by atomic mass is 9.89. The number of rotatable bonds is 7. The summed E-state index contributed by atoms with van der Waals surface area (Å²) in [6, 6.07) is -2.62. The molecule has 0 radical (unpaired) electrons. The summed E-state index contributed by atoms with van der Waals surface area (Å²) in [7, 11) is 0. The summed E-state index contributed by atoms with van der Waals surface area (Å²) in [6.45, 7) is -1.61. The number of carboxylic acids is 1. The minimum Gasteiger partial charge on any atom is -0.477 e. The molecule has 2 aliphatic rings. The van der Waals surface area contributed by atoms with Crippen molar-refractivity contribution in [1.82, 2.24) is 0 Å². The van der Waals surface area contributed by atoms with Crippen LogP contribution >= 0.6 is 0 Å². The topological polar surface area (TPSA) is 259 Å². The maximum absolute atomic E-state index is 11.9. The van der Waals surface area contributed by atoms with Crippen molar-refractivity contribution in [3.63, 3.8) is 0 Å². The Balaban J connectivity index is 2.19. The Bertz CT molecular complexity index is 569. The average molecular weight is 428 g/mol. The van der Waals surface area contributed by atoms with Crippen molar-refractivity contribution in [1.29, 1.82) is 0 Å². The summed E-state index contributed by atoms with van der Waals surface area (Å²) in [6.07, 6.45) is -13.8. The van der Waals surface area contributed by atoms with Gasteiger partial charge >= 0.3 is 5.97 Å². The number of carbonyl (C=O) groups is 1. The van der Waals surface area contributed by atoms with Crippen molar-refractivity contribution in [3.8, 4) is 0 Å². The van der Waals surface area contributed by atoms with Crippen LogP contribution in [0.25, 0.3) is 0 Å². The van der Waals surface area contributed by atoms with Crippen molar-refractivity contribution >= 4 is 5.97 Å². The molecule has 0 aromatic rings. The fraction of sp³-hybridized carbons (Fsp3) is 0.933. The van der Waals surface area contributed by atoms with Gasteiger partial charge in [-0.25, -0.2) is 4.79 Å². The first kappa shape index (κ1) is 24.3. The first-order valence-electron chi connectivity index (χ1n) is 8.86. The Morgan fingerprint density at radius 2 is 1.76 bits per heavy atom. The van der Waals surface area contributed by atoms with E-state index in [-0.39, 0.29) is 0 Å². The zero-order chi connectivity index (χ0) is 22.1. The highest BCUT2D eigenvalue weighted by Gasteiger charge is 2.55. The van der Waals surface area contributed by atoms with Gasteiger partial charge in [-0.2, -0.15) is 0 Å². The van der Waals surface area contributed by atoms with Gasteiger partial charge in [0.2, 0.25) is 0 Å². The molecule has 2 heterocycles. The maximum Gasteiger partial charge on any atom is 0.364 e. The molecule has 14 heteroatoms. The third-order valence-electron chi connectivity index (χ3n) is 5.12. The molecule has 2 rings (SSSR count). The van der Waals surface area contributed by atoms with Crippen LogP contribution in [0.15, 0.2) is 0 Å². The molecular weight excluding hydrogens is 400 g/mol. The van der Waals surface area contributed by atoms with E-state index in [0.29, 0.717) is 0 Å². The predicted molar refractivity (Wildman–Crippen MR) is 89.8 cm³/mol. The summed E-state index contributed by atoms with van der Waals surface area (Å²) in [5, 5.41) is 78.0. The third kappa shape index (κ3) is 4.84. The van der Waals surface area contributed by atoms with E-state index in [0.717, 1.165) is 0 Å². The molecule has 170 valence electrons. The molecular formula is C15H28N2O12. The molecule has 12 N–H and O–H groups in total. The van der Waals surface area contributed by atoms with E-state index in [1.807, 2.05) is 0 Å². The number of ether oxygens (including phenoxy) is 3. The minimum absolute atomic E-state index is 0.685. The summed E-state index contributed by atoms with van der Waals surface area (Å²) in [4.78, 5) is 11.9. The number of nitrogens with two attached hydrogens (primary N) is 2. The highest BCUT2D eigenvalue weighted by molar-refractivity contribution is 5.76. The van der Waals surface area contributed by atoms with E-state index in [1.165, 1.54) is 0 Å². The number of carboxylic acid groups (broad SMARTS) is 1. The van der Waals surface area contributed by atoms with Crippen LogP contribution < -0.4 is 11.5 Å². The average Bonchev–Trinajstić information content (AvgIpc) is 2.69. The van der Waals surface area contributed by atoms with Crippen molar-refractivity contribution in [3.05, 3.63) is 0 Å². The third-order valence-corrected chi connectivity index (χ3v) is 5.12. The minimum atomic E-state index is -2.57. The second kappa shape index (κ2) is 9.42. The van der Waals surface area contributed by atoms with Crippen molar-refractivity contribution < 1.29 is 59.9 Å². The fourth-order valence-corrected chi connectivity index (χ4v) is 3.21. The number of aliphatic carboxylic acids is 1. The largest absolute Gasteiger partial charge is 0.477 e. The van der Waals surface area contributed by atoms with E-state index in [1.54, 1.807) is 0 Å². The van der Waals surface area contributed by atoms with Gasteiger partial charge in [-0.05, 0) is 0 Å². The lowest BCUT2D eigenvalue weighted by molar-refractivity contribution is -0.326. The monoisotopic (exact) mass is 428 g/mol. The summed E-state index contributed by atoms with van der Waals surface area (Å²) < 4.78 is 15.5. The highest BCUT2D eigenvalue weighted by atomic mass is 16.7. The molecule has 0 amide bonds. The van der Waals surface area contributed by atoms with Gasteiger partial charge < -0.3 is 66.5 Å². The molecule has 14 nitrogen and oxygen atoms in total. The molecule has 0 aliphatic carbocycles. The van der Waals surface area contributed by atoms with Gasteiger partial charge in [-0.15, -0.1) is 0 Å². The SMILES string of the molecule is N[C@@H]1C(O)OC(COC2(C(=O)O)C[C@@H](O)[C@@H](N)C([C@H](O)[C@H](O)CO)O2)[C@H](O)[C@@H]1O. The Morgan fingerprint density at radius 1 is 1.14 bits per heavy atom. The maximum atomic E-state index is 11.9. The highest BCUT2D eigenvalue weighted by Crippen LogP contribution is 2.33. The van der Waals surface area contributed by atoms with Crippen LogP contribution in [-0.4, -0.2) is 127 Å². The molecule has 29 heavy (non-hydrogen) atoms. The van der Waals surface area contributed by atoms with E-state index in [4.69, 9.17) is 30.8 Å². The van der Waals surface area contributed by atoms with E-state index >= 15 is 0 Å². The molecule has 0 aromatic heterocycles. The van der Waals surface area contributed by atoms with Gasteiger partial charge in [-0.3, -0.25) is 0 Å². The van der Waals surface area contributed by atoms with Crippen LogP contribution in [0.5, 0.6) is 0 Å². The molecule has 11 atom stereocenters. The zero-order valence-corrected chi connectivity index (χ0v) is 15.3. The first-order chi connectivity index (χ1) is 13.4. The van der Waals surface area contributed by atoms with Crippen LogP contribution in [0.2, 0.25) is 0 Å². The smallest absolute Gasteiger partial charge is 0.364 e. The van der Waals surface area contributed by atoms with Gasteiger partial charge in [0.25, 0.3) is 5.79 Å². The predicted octanol–water partition coefficient (Wildman–Crippen LogP) is -6.26. The van der Waals surface area contributed by atoms with Gasteiger partial charge in [0.15, 0.2) is 6.29 Å². The van der Waals surface area contributed by atoms with Crippen LogP contribution in [0.1, 0.15) is 6.42 Å². The number of hydrogen-bond donors (Lipinski definition) is 10. The molecule has 2 aliphatic heterocycles. The normalized spacial score (nSPS) is 45.6. The molecule has 0 spiro atoms.